The van der Waals surface area contributed by atoms with E-state index in [4.69, 9.17) is 4.74 Å². The van der Waals surface area contributed by atoms with E-state index in [1.807, 2.05) is 0 Å². The van der Waals surface area contributed by atoms with Crippen LogP contribution >= 0.6 is 11.3 Å². The maximum atomic E-state index is 5.65. The second kappa shape index (κ2) is 6.22. The van der Waals surface area contributed by atoms with Crippen molar-refractivity contribution in [3.05, 3.63) is 51.2 Å². The van der Waals surface area contributed by atoms with Crippen molar-refractivity contribution in [1.29, 1.82) is 0 Å². The molecule has 2 nitrogen and oxygen atoms in total. The van der Waals surface area contributed by atoms with E-state index in [0.717, 1.165) is 12.3 Å². The summed E-state index contributed by atoms with van der Waals surface area (Å²) in [6, 6.07) is 8.82. The van der Waals surface area contributed by atoms with Crippen LogP contribution in [0, 0.1) is 13.8 Å². The molecule has 1 aromatic carbocycles. The minimum atomic E-state index is 0.208. The van der Waals surface area contributed by atoms with Crippen LogP contribution in [0.1, 0.15) is 34.5 Å². The van der Waals surface area contributed by atoms with Crippen LogP contribution in [-0.2, 0) is 0 Å². The molecule has 1 atom stereocenters. The molecule has 0 bridgehead atoms. The predicted octanol–water partition coefficient (Wildman–Crippen LogP) is 4.07. The maximum absolute atomic E-state index is 5.65. The second-order valence-corrected chi connectivity index (χ2v) is 5.62. The van der Waals surface area contributed by atoms with Crippen LogP contribution in [0.5, 0.6) is 5.75 Å². The number of hydrogen-bond acceptors (Lipinski definition) is 3. The van der Waals surface area contributed by atoms with E-state index in [1.54, 1.807) is 18.4 Å². The molecule has 0 aliphatic carbocycles. The van der Waals surface area contributed by atoms with Crippen molar-refractivity contribution in [1.82, 2.24) is 5.32 Å². The molecule has 0 fully saturated rings. The van der Waals surface area contributed by atoms with Gasteiger partial charge in [0.1, 0.15) is 5.75 Å². The number of rotatable bonds is 5. The summed E-state index contributed by atoms with van der Waals surface area (Å²) in [5.41, 5.74) is 3.70. The monoisotopic (exact) mass is 275 g/mol. The Bertz CT molecular complexity index is 534. The summed E-state index contributed by atoms with van der Waals surface area (Å²) in [6.07, 6.45) is 0. The molecule has 3 heteroatoms. The van der Waals surface area contributed by atoms with E-state index in [1.165, 1.54) is 21.6 Å². The van der Waals surface area contributed by atoms with Crippen LogP contribution in [0.4, 0.5) is 0 Å². The topological polar surface area (TPSA) is 21.3 Å². The van der Waals surface area contributed by atoms with Gasteiger partial charge in [-0.25, -0.2) is 0 Å². The van der Waals surface area contributed by atoms with Crippen molar-refractivity contribution < 1.29 is 4.74 Å². The molecule has 2 rings (SSSR count). The van der Waals surface area contributed by atoms with Crippen LogP contribution in [0.2, 0.25) is 0 Å². The maximum Gasteiger partial charge on any atom is 0.127 e. The smallest absolute Gasteiger partial charge is 0.127 e. The highest BCUT2D eigenvalue weighted by Crippen LogP contribution is 2.35. The van der Waals surface area contributed by atoms with E-state index in [0.29, 0.717) is 0 Å². The first kappa shape index (κ1) is 14.1. The van der Waals surface area contributed by atoms with Crippen molar-refractivity contribution >= 4 is 11.3 Å². The molecule has 102 valence electrons. The average molecular weight is 275 g/mol. The van der Waals surface area contributed by atoms with E-state index in [-0.39, 0.29) is 6.04 Å². The second-order valence-electron chi connectivity index (χ2n) is 4.64. The van der Waals surface area contributed by atoms with Gasteiger partial charge in [-0.3, -0.25) is 0 Å². The number of thiophene rings is 1. The molecule has 0 amide bonds. The Kier molecular flexibility index (Phi) is 4.61. The molecule has 0 aliphatic rings. The normalized spacial score (nSPS) is 12.4. The first-order valence-corrected chi connectivity index (χ1v) is 7.47. The Morgan fingerprint density at radius 3 is 2.63 bits per heavy atom. The highest BCUT2D eigenvalue weighted by molar-refractivity contribution is 7.10. The van der Waals surface area contributed by atoms with Crippen LogP contribution in [0.25, 0.3) is 0 Å². The Morgan fingerprint density at radius 2 is 2.05 bits per heavy atom. The van der Waals surface area contributed by atoms with Gasteiger partial charge in [-0.1, -0.05) is 25.1 Å². The van der Waals surface area contributed by atoms with Crippen LogP contribution in [0.15, 0.2) is 29.6 Å². The molecule has 1 heterocycles. The van der Waals surface area contributed by atoms with E-state index >= 15 is 0 Å². The summed E-state index contributed by atoms with van der Waals surface area (Å²) < 4.78 is 5.65. The minimum absolute atomic E-state index is 0.208. The third-order valence-corrected chi connectivity index (χ3v) is 4.40. The fourth-order valence-electron chi connectivity index (χ4n) is 2.33. The zero-order valence-corrected chi connectivity index (χ0v) is 12.8. The summed E-state index contributed by atoms with van der Waals surface area (Å²) >= 11 is 1.78. The summed E-state index contributed by atoms with van der Waals surface area (Å²) in [7, 11) is 1.75. The number of benzene rings is 1. The lowest BCUT2D eigenvalue weighted by Crippen LogP contribution is -2.22. The minimum Gasteiger partial charge on any atom is -0.496 e. The fourth-order valence-corrected chi connectivity index (χ4v) is 3.15. The molecule has 19 heavy (non-hydrogen) atoms. The Hall–Kier alpha value is -1.32. The molecule has 0 saturated carbocycles. The largest absolute Gasteiger partial charge is 0.496 e. The molecule has 2 aromatic rings. The zero-order chi connectivity index (χ0) is 13.8. The number of hydrogen-bond donors (Lipinski definition) is 1. The standard InChI is InChI=1S/C16H21NOS/c1-5-17-15(14-7-6-10-19-14)13-9-8-11(2)12(3)16(13)18-4/h6-10,15,17H,5H2,1-4H3. The van der Waals surface area contributed by atoms with Gasteiger partial charge in [0.2, 0.25) is 0 Å². The van der Waals surface area contributed by atoms with E-state index in [2.05, 4.69) is 55.7 Å². The van der Waals surface area contributed by atoms with Crippen molar-refractivity contribution in [3.8, 4) is 5.75 Å². The third kappa shape index (κ3) is 2.82. The summed E-state index contributed by atoms with van der Waals surface area (Å²) in [5.74, 6) is 0.999. The predicted molar refractivity (Wildman–Crippen MR) is 82.3 cm³/mol. The summed E-state index contributed by atoms with van der Waals surface area (Å²) in [5, 5.41) is 5.67. The van der Waals surface area contributed by atoms with Gasteiger partial charge in [0.05, 0.1) is 13.2 Å². The molecule has 0 spiro atoms. The highest BCUT2D eigenvalue weighted by Gasteiger charge is 2.20. The van der Waals surface area contributed by atoms with Crippen molar-refractivity contribution in [2.24, 2.45) is 0 Å². The van der Waals surface area contributed by atoms with Gasteiger partial charge < -0.3 is 10.1 Å². The van der Waals surface area contributed by atoms with Gasteiger partial charge >= 0.3 is 0 Å². The molecule has 0 saturated heterocycles. The van der Waals surface area contributed by atoms with Crippen LogP contribution in [-0.4, -0.2) is 13.7 Å². The number of methoxy groups -OCH3 is 1. The van der Waals surface area contributed by atoms with Gasteiger partial charge in [-0.05, 0) is 43.0 Å². The SMILES string of the molecule is CCNC(c1cccs1)c1ccc(C)c(C)c1OC. The first-order chi connectivity index (χ1) is 9.19. The number of nitrogens with one attached hydrogen (secondary N) is 1. The number of ether oxygens (including phenoxy) is 1. The van der Waals surface area contributed by atoms with Crippen molar-refractivity contribution in [2.75, 3.05) is 13.7 Å². The Morgan fingerprint density at radius 1 is 1.26 bits per heavy atom. The molecule has 1 N–H and O–H groups in total. The molecule has 0 aliphatic heterocycles. The Labute approximate surface area is 119 Å². The molecule has 1 unspecified atom stereocenters. The lowest BCUT2D eigenvalue weighted by Gasteiger charge is -2.21. The quantitative estimate of drug-likeness (QED) is 0.888. The molecular formula is C16H21NOS. The molecular weight excluding hydrogens is 254 g/mol. The van der Waals surface area contributed by atoms with Gasteiger partial charge in [0.15, 0.2) is 0 Å². The Balaban J connectivity index is 2.51. The summed E-state index contributed by atoms with van der Waals surface area (Å²) in [4.78, 5) is 1.32. The van der Waals surface area contributed by atoms with Crippen LogP contribution in [0.3, 0.4) is 0 Å². The van der Waals surface area contributed by atoms with Crippen molar-refractivity contribution in [3.63, 3.8) is 0 Å². The molecule has 1 aromatic heterocycles. The van der Waals surface area contributed by atoms with Crippen LogP contribution < -0.4 is 10.1 Å². The number of aryl methyl sites for hydroxylation is 1. The van der Waals surface area contributed by atoms with E-state index in [9.17, 15) is 0 Å². The van der Waals surface area contributed by atoms with Gasteiger partial charge in [-0.2, -0.15) is 0 Å². The van der Waals surface area contributed by atoms with Gasteiger partial charge in [0, 0.05) is 10.4 Å². The lowest BCUT2D eigenvalue weighted by molar-refractivity contribution is 0.401. The lowest BCUT2D eigenvalue weighted by atomic mass is 9.98. The third-order valence-electron chi connectivity index (χ3n) is 3.46. The first-order valence-electron chi connectivity index (χ1n) is 6.59. The highest BCUT2D eigenvalue weighted by atomic mass is 32.1. The van der Waals surface area contributed by atoms with Gasteiger partial charge in [-0.15, -0.1) is 11.3 Å². The zero-order valence-electron chi connectivity index (χ0n) is 12.0. The summed E-state index contributed by atoms with van der Waals surface area (Å²) in [6.45, 7) is 7.30. The van der Waals surface area contributed by atoms with Gasteiger partial charge in [0.25, 0.3) is 0 Å². The van der Waals surface area contributed by atoms with E-state index < -0.39 is 0 Å². The average Bonchev–Trinajstić information content (AvgIpc) is 2.93. The van der Waals surface area contributed by atoms with Crippen molar-refractivity contribution in [2.45, 2.75) is 26.8 Å². The fraction of sp³-hybridized carbons (Fsp3) is 0.375. The molecule has 0 radical (unpaired) electrons.